The molecular formula is C22H24N4O3. The van der Waals surface area contributed by atoms with E-state index in [1.165, 1.54) is 22.4 Å². The molecule has 2 aromatic heterocycles. The molecule has 0 fully saturated rings. The predicted octanol–water partition coefficient (Wildman–Crippen LogP) is 2.79. The smallest absolute Gasteiger partial charge is 0.289 e. The molecule has 0 saturated carbocycles. The fraction of sp³-hybridized carbons (Fsp3) is 0.318. The molecule has 0 saturated heterocycles. The van der Waals surface area contributed by atoms with Gasteiger partial charge in [0.05, 0.1) is 31.6 Å². The second kappa shape index (κ2) is 8.34. The fourth-order valence-electron chi connectivity index (χ4n) is 3.78. The van der Waals surface area contributed by atoms with Crippen molar-refractivity contribution >= 4 is 11.8 Å². The maximum atomic E-state index is 12.5. The van der Waals surface area contributed by atoms with Crippen LogP contribution in [0.1, 0.15) is 46.3 Å². The van der Waals surface area contributed by atoms with E-state index in [-0.39, 0.29) is 30.2 Å². The van der Waals surface area contributed by atoms with Crippen LogP contribution < -0.4 is 5.32 Å². The third-order valence-corrected chi connectivity index (χ3v) is 5.23. The van der Waals surface area contributed by atoms with Crippen LogP contribution in [0.5, 0.6) is 0 Å². The highest BCUT2D eigenvalue weighted by atomic mass is 16.3. The molecule has 2 amide bonds. The second-order valence-electron chi connectivity index (χ2n) is 7.34. The van der Waals surface area contributed by atoms with Gasteiger partial charge in [0.1, 0.15) is 0 Å². The van der Waals surface area contributed by atoms with Gasteiger partial charge in [0.2, 0.25) is 5.91 Å². The summed E-state index contributed by atoms with van der Waals surface area (Å²) in [7, 11) is 1.59. The first-order valence-electron chi connectivity index (χ1n) is 9.78. The van der Waals surface area contributed by atoms with E-state index in [4.69, 9.17) is 4.42 Å². The molecule has 29 heavy (non-hydrogen) atoms. The molecule has 7 nitrogen and oxygen atoms in total. The molecule has 3 aromatic rings. The van der Waals surface area contributed by atoms with Gasteiger partial charge in [-0.2, -0.15) is 5.10 Å². The number of hydrogen-bond acceptors (Lipinski definition) is 4. The number of rotatable bonds is 6. The Balaban J connectivity index is 1.40. The molecule has 1 aliphatic rings. The van der Waals surface area contributed by atoms with E-state index in [1.807, 2.05) is 29.1 Å². The molecule has 1 aromatic carbocycles. The van der Waals surface area contributed by atoms with Crippen molar-refractivity contribution in [3.05, 3.63) is 77.5 Å². The number of aromatic nitrogens is 2. The Bertz CT molecular complexity index is 979. The van der Waals surface area contributed by atoms with Crippen molar-refractivity contribution in [2.75, 3.05) is 13.6 Å². The number of furan rings is 1. The molecule has 7 heteroatoms. The minimum Gasteiger partial charge on any atom is -0.459 e. The SMILES string of the molecule is CN(CC(=O)NC1CCCc2c1cnn2Cc1ccccc1)C(=O)c1ccco1. The molecule has 0 aliphatic heterocycles. The van der Waals surface area contributed by atoms with Crippen molar-refractivity contribution in [2.24, 2.45) is 0 Å². The number of carbonyl (C=O) groups excluding carboxylic acids is 2. The average Bonchev–Trinajstić information content (AvgIpc) is 3.39. The van der Waals surface area contributed by atoms with Crippen molar-refractivity contribution in [2.45, 2.75) is 31.8 Å². The van der Waals surface area contributed by atoms with Crippen LogP contribution in [0.15, 0.2) is 59.3 Å². The lowest BCUT2D eigenvalue weighted by atomic mass is 9.93. The van der Waals surface area contributed by atoms with Gasteiger partial charge >= 0.3 is 0 Å². The highest BCUT2D eigenvalue weighted by Gasteiger charge is 2.26. The zero-order chi connectivity index (χ0) is 20.2. The lowest BCUT2D eigenvalue weighted by molar-refractivity contribution is -0.122. The largest absolute Gasteiger partial charge is 0.459 e. The Kier molecular flexibility index (Phi) is 5.46. The molecule has 4 rings (SSSR count). The lowest BCUT2D eigenvalue weighted by Crippen LogP contribution is -2.40. The topological polar surface area (TPSA) is 80.4 Å². The van der Waals surface area contributed by atoms with Gasteiger partial charge in [-0.1, -0.05) is 30.3 Å². The van der Waals surface area contributed by atoms with E-state index in [2.05, 4.69) is 22.5 Å². The van der Waals surface area contributed by atoms with Gasteiger partial charge in [-0.25, -0.2) is 0 Å². The Labute approximate surface area is 169 Å². The third-order valence-electron chi connectivity index (χ3n) is 5.23. The predicted molar refractivity (Wildman–Crippen MR) is 107 cm³/mol. The van der Waals surface area contributed by atoms with E-state index in [0.29, 0.717) is 0 Å². The normalized spacial score (nSPS) is 15.6. The number of likely N-dealkylation sites (N-methyl/N-ethyl adjacent to an activating group) is 1. The summed E-state index contributed by atoms with van der Waals surface area (Å²) in [6, 6.07) is 13.4. The molecule has 0 radical (unpaired) electrons. The number of amides is 2. The summed E-state index contributed by atoms with van der Waals surface area (Å²) in [6.45, 7) is 0.695. The van der Waals surface area contributed by atoms with E-state index >= 15 is 0 Å². The summed E-state index contributed by atoms with van der Waals surface area (Å²) >= 11 is 0. The van der Waals surface area contributed by atoms with E-state index < -0.39 is 0 Å². The third kappa shape index (κ3) is 4.23. The summed E-state index contributed by atoms with van der Waals surface area (Å²) in [5.41, 5.74) is 3.44. The molecular weight excluding hydrogens is 368 g/mol. The fourth-order valence-corrected chi connectivity index (χ4v) is 3.78. The van der Waals surface area contributed by atoms with Crippen molar-refractivity contribution in [1.29, 1.82) is 0 Å². The zero-order valence-corrected chi connectivity index (χ0v) is 16.4. The van der Waals surface area contributed by atoms with Crippen LogP contribution in [0.25, 0.3) is 0 Å². The van der Waals surface area contributed by atoms with Gasteiger partial charge in [-0.15, -0.1) is 0 Å². The Morgan fingerprint density at radius 2 is 2.07 bits per heavy atom. The molecule has 1 N–H and O–H groups in total. The molecule has 150 valence electrons. The lowest BCUT2D eigenvalue weighted by Gasteiger charge is -2.25. The first-order valence-corrected chi connectivity index (χ1v) is 9.78. The number of carbonyl (C=O) groups is 2. The highest BCUT2D eigenvalue weighted by Crippen LogP contribution is 2.30. The summed E-state index contributed by atoms with van der Waals surface area (Å²) in [6.07, 6.45) is 6.11. The van der Waals surface area contributed by atoms with Crippen LogP contribution >= 0.6 is 0 Å². The summed E-state index contributed by atoms with van der Waals surface area (Å²) in [5, 5.41) is 7.63. The van der Waals surface area contributed by atoms with Gasteiger partial charge in [-0.05, 0) is 37.0 Å². The maximum Gasteiger partial charge on any atom is 0.289 e. The zero-order valence-electron chi connectivity index (χ0n) is 16.4. The number of benzene rings is 1. The number of fused-ring (bicyclic) bond motifs is 1. The molecule has 1 aliphatic carbocycles. The van der Waals surface area contributed by atoms with Gasteiger partial charge in [0.25, 0.3) is 5.91 Å². The van der Waals surface area contributed by atoms with Crippen LogP contribution in [0.3, 0.4) is 0 Å². The molecule has 1 atom stereocenters. The van der Waals surface area contributed by atoms with Crippen LogP contribution in [0, 0.1) is 0 Å². The van der Waals surface area contributed by atoms with Crippen molar-refractivity contribution in [3.8, 4) is 0 Å². The van der Waals surface area contributed by atoms with Crippen molar-refractivity contribution in [1.82, 2.24) is 20.0 Å². The van der Waals surface area contributed by atoms with Gasteiger partial charge in [0.15, 0.2) is 5.76 Å². The quantitative estimate of drug-likeness (QED) is 0.700. The van der Waals surface area contributed by atoms with Crippen LogP contribution in [0.2, 0.25) is 0 Å². The number of nitrogens with zero attached hydrogens (tertiary/aromatic N) is 3. The Hall–Kier alpha value is -3.35. The van der Waals surface area contributed by atoms with E-state index in [1.54, 1.807) is 19.2 Å². The van der Waals surface area contributed by atoms with Crippen molar-refractivity contribution in [3.63, 3.8) is 0 Å². The highest BCUT2D eigenvalue weighted by molar-refractivity contribution is 5.94. The molecule has 2 heterocycles. The van der Waals surface area contributed by atoms with E-state index in [0.717, 1.165) is 31.4 Å². The second-order valence-corrected chi connectivity index (χ2v) is 7.34. The molecule has 0 bridgehead atoms. The standard InChI is InChI=1S/C22H24N4O3/c1-25(22(28)20-11-6-12-29-20)15-21(27)24-18-9-5-10-19-17(18)13-23-26(19)14-16-7-3-2-4-8-16/h2-4,6-8,11-13,18H,5,9-10,14-15H2,1H3,(H,24,27). The van der Waals surface area contributed by atoms with Crippen LogP contribution in [0.4, 0.5) is 0 Å². The average molecular weight is 392 g/mol. The number of nitrogens with one attached hydrogen (secondary N) is 1. The van der Waals surface area contributed by atoms with Gasteiger partial charge < -0.3 is 14.6 Å². The van der Waals surface area contributed by atoms with E-state index in [9.17, 15) is 9.59 Å². The monoisotopic (exact) mass is 392 g/mol. The Morgan fingerprint density at radius 3 is 2.83 bits per heavy atom. The Morgan fingerprint density at radius 1 is 1.24 bits per heavy atom. The molecule has 1 unspecified atom stereocenters. The number of hydrogen-bond donors (Lipinski definition) is 1. The van der Waals surface area contributed by atoms with Gasteiger partial charge in [-0.3, -0.25) is 14.3 Å². The first kappa shape index (κ1) is 19.0. The molecule has 0 spiro atoms. The van der Waals surface area contributed by atoms with Crippen LogP contribution in [-0.4, -0.2) is 40.1 Å². The summed E-state index contributed by atoms with van der Waals surface area (Å²) < 4.78 is 7.14. The maximum absolute atomic E-state index is 12.5. The summed E-state index contributed by atoms with van der Waals surface area (Å²) in [4.78, 5) is 26.1. The minimum absolute atomic E-state index is 0.0243. The van der Waals surface area contributed by atoms with Crippen LogP contribution in [-0.2, 0) is 17.8 Å². The summed E-state index contributed by atoms with van der Waals surface area (Å²) in [5.74, 6) is -0.284. The first-order chi connectivity index (χ1) is 14.1. The van der Waals surface area contributed by atoms with Gasteiger partial charge in [0, 0.05) is 18.3 Å². The minimum atomic E-state index is -0.315. The van der Waals surface area contributed by atoms with Crippen molar-refractivity contribution < 1.29 is 14.0 Å².